The fourth-order valence-corrected chi connectivity index (χ4v) is 2.22. The highest BCUT2D eigenvalue weighted by molar-refractivity contribution is 7.11. The summed E-state index contributed by atoms with van der Waals surface area (Å²) >= 11 is 1.85. The summed E-state index contributed by atoms with van der Waals surface area (Å²) in [6.07, 6.45) is 4.79. The van der Waals surface area contributed by atoms with Crippen LogP contribution in [0.15, 0.2) is 6.20 Å². The van der Waals surface area contributed by atoms with Gasteiger partial charge in [0.05, 0.1) is 0 Å². The van der Waals surface area contributed by atoms with Gasteiger partial charge in [0.25, 0.3) is 0 Å². The maximum atomic E-state index is 4.32. The molecule has 0 spiro atoms. The smallest absolute Gasteiger partial charge is 0.107 e. The Labute approximate surface area is 70.7 Å². The summed E-state index contributed by atoms with van der Waals surface area (Å²) in [6.45, 7) is 0.914. The van der Waals surface area contributed by atoms with Crippen molar-refractivity contribution >= 4 is 11.3 Å². The van der Waals surface area contributed by atoms with Crippen LogP contribution in [0.25, 0.3) is 0 Å². The van der Waals surface area contributed by atoms with E-state index < -0.39 is 0 Å². The molecule has 3 heteroatoms. The van der Waals surface area contributed by atoms with E-state index in [0.29, 0.717) is 0 Å². The molecule has 1 aliphatic carbocycles. The number of hydrogen-bond acceptors (Lipinski definition) is 3. The zero-order valence-corrected chi connectivity index (χ0v) is 7.45. The molecule has 1 heterocycles. The molecule has 0 aliphatic heterocycles. The molecule has 1 aromatic heterocycles. The van der Waals surface area contributed by atoms with Crippen LogP contribution in [-0.2, 0) is 6.54 Å². The summed E-state index contributed by atoms with van der Waals surface area (Å²) in [5.74, 6) is 0.859. The van der Waals surface area contributed by atoms with E-state index >= 15 is 0 Å². The van der Waals surface area contributed by atoms with Gasteiger partial charge in [-0.1, -0.05) is 0 Å². The predicted molar refractivity (Wildman–Crippen MR) is 46.9 cm³/mol. The predicted octanol–water partition coefficient (Wildman–Crippen LogP) is 1.74. The molecule has 0 aromatic carbocycles. The van der Waals surface area contributed by atoms with Crippen molar-refractivity contribution in [3.63, 3.8) is 0 Å². The van der Waals surface area contributed by atoms with Crippen LogP contribution in [0.4, 0.5) is 0 Å². The van der Waals surface area contributed by atoms with Crippen molar-refractivity contribution in [3.8, 4) is 0 Å². The molecule has 1 aromatic rings. The monoisotopic (exact) mass is 168 g/mol. The zero-order chi connectivity index (χ0) is 7.68. The van der Waals surface area contributed by atoms with Gasteiger partial charge >= 0.3 is 0 Å². The standard InChI is InChI=1S/C8H12N2S/c1-9-5-8-10-4-7(11-8)6-2-3-6/h4,6,9H,2-3,5H2,1H3. The highest BCUT2D eigenvalue weighted by atomic mass is 32.1. The fourth-order valence-electron chi connectivity index (χ4n) is 1.11. The second-order valence-corrected chi connectivity index (χ2v) is 4.11. The molecule has 0 bridgehead atoms. The second kappa shape index (κ2) is 2.91. The van der Waals surface area contributed by atoms with Crippen molar-refractivity contribution in [2.45, 2.75) is 25.3 Å². The molecule has 2 rings (SSSR count). The van der Waals surface area contributed by atoms with E-state index in [1.807, 2.05) is 24.6 Å². The number of aromatic nitrogens is 1. The highest BCUT2D eigenvalue weighted by Gasteiger charge is 2.25. The summed E-state index contributed by atoms with van der Waals surface area (Å²) in [5.41, 5.74) is 0. The van der Waals surface area contributed by atoms with Gasteiger partial charge in [-0.2, -0.15) is 0 Å². The molecule has 0 atom stereocenters. The third kappa shape index (κ3) is 1.60. The number of rotatable bonds is 3. The van der Waals surface area contributed by atoms with Crippen LogP contribution in [0.2, 0.25) is 0 Å². The summed E-state index contributed by atoms with van der Waals surface area (Å²) in [4.78, 5) is 5.80. The minimum atomic E-state index is 0.859. The van der Waals surface area contributed by atoms with Gasteiger partial charge in [-0.3, -0.25) is 0 Å². The Kier molecular flexibility index (Phi) is 1.92. The van der Waals surface area contributed by atoms with Crippen LogP contribution in [-0.4, -0.2) is 12.0 Å². The van der Waals surface area contributed by atoms with Gasteiger partial charge < -0.3 is 5.32 Å². The van der Waals surface area contributed by atoms with Gasteiger partial charge in [0.1, 0.15) is 5.01 Å². The van der Waals surface area contributed by atoms with E-state index in [1.165, 1.54) is 22.7 Å². The lowest BCUT2D eigenvalue weighted by Crippen LogP contribution is -2.03. The van der Waals surface area contributed by atoms with Crippen LogP contribution >= 0.6 is 11.3 Å². The van der Waals surface area contributed by atoms with Gasteiger partial charge in [-0.15, -0.1) is 11.3 Å². The Morgan fingerprint density at radius 3 is 3.18 bits per heavy atom. The molecule has 2 nitrogen and oxygen atoms in total. The van der Waals surface area contributed by atoms with Crippen molar-refractivity contribution in [3.05, 3.63) is 16.1 Å². The molecular formula is C8H12N2S. The molecule has 1 N–H and O–H groups in total. The molecule has 0 radical (unpaired) electrons. The third-order valence-corrected chi connectivity index (χ3v) is 3.04. The Bertz CT molecular complexity index is 240. The molecule has 1 aliphatic rings. The first-order chi connectivity index (χ1) is 5.40. The van der Waals surface area contributed by atoms with Crippen LogP contribution in [0, 0.1) is 0 Å². The first kappa shape index (κ1) is 7.25. The van der Waals surface area contributed by atoms with E-state index in [0.717, 1.165) is 12.5 Å². The van der Waals surface area contributed by atoms with E-state index in [1.54, 1.807) is 0 Å². The maximum absolute atomic E-state index is 4.32. The van der Waals surface area contributed by atoms with Crippen LogP contribution in [0.3, 0.4) is 0 Å². The van der Waals surface area contributed by atoms with Crippen molar-refractivity contribution in [1.82, 2.24) is 10.3 Å². The first-order valence-electron chi connectivity index (χ1n) is 3.99. The van der Waals surface area contributed by atoms with Gasteiger partial charge in [0.2, 0.25) is 0 Å². The average Bonchev–Trinajstić information content (AvgIpc) is 2.75. The maximum Gasteiger partial charge on any atom is 0.107 e. The minimum Gasteiger partial charge on any atom is -0.314 e. The summed E-state index contributed by atoms with van der Waals surface area (Å²) in [5, 5.41) is 4.32. The molecule has 0 unspecified atom stereocenters. The molecule has 11 heavy (non-hydrogen) atoms. The third-order valence-electron chi connectivity index (χ3n) is 1.88. The molecule has 0 saturated heterocycles. The summed E-state index contributed by atoms with van der Waals surface area (Å²) in [6, 6.07) is 0. The van der Waals surface area contributed by atoms with E-state index in [-0.39, 0.29) is 0 Å². The lowest BCUT2D eigenvalue weighted by atomic mass is 10.4. The van der Waals surface area contributed by atoms with Crippen molar-refractivity contribution < 1.29 is 0 Å². The van der Waals surface area contributed by atoms with Gasteiger partial charge in [-0.25, -0.2) is 4.98 Å². The number of thiazole rings is 1. The lowest BCUT2D eigenvalue weighted by Gasteiger charge is -1.89. The van der Waals surface area contributed by atoms with Gasteiger partial charge in [0.15, 0.2) is 0 Å². The quantitative estimate of drug-likeness (QED) is 0.743. The normalized spacial score (nSPS) is 17.2. The van der Waals surface area contributed by atoms with Crippen LogP contribution in [0.5, 0.6) is 0 Å². The Morgan fingerprint density at radius 2 is 2.55 bits per heavy atom. The Morgan fingerprint density at radius 1 is 1.73 bits per heavy atom. The average molecular weight is 168 g/mol. The molecule has 1 fully saturated rings. The Balaban J connectivity index is 2.06. The van der Waals surface area contributed by atoms with Crippen molar-refractivity contribution in [1.29, 1.82) is 0 Å². The summed E-state index contributed by atoms with van der Waals surface area (Å²) < 4.78 is 0. The largest absolute Gasteiger partial charge is 0.314 e. The van der Waals surface area contributed by atoms with Gasteiger partial charge in [-0.05, 0) is 25.8 Å². The van der Waals surface area contributed by atoms with E-state index in [9.17, 15) is 0 Å². The highest BCUT2D eigenvalue weighted by Crippen LogP contribution is 2.42. The van der Waals surface area contributed by atoms with Crippen molar-refractivity contribution in [2.75, 3.05) is 7.05 Å². The number of nitrogens with zero attached hydrogens (tertiary/aromatic N) is 1. The molecule has 0 amide bonds. The second-order valence-electron chi connectivity index (χ2n) is 2.96. The fraction of sp³-hybridized carbons (Fsp3) is 0.625. The lowest BCUT2D eigenvalue weighted by molar-refractivity contribution is 0.810. The molecule has 60 valence electrons. The molecular weight excluding hydrogens is 156 g/mol. The van der Waals surface area contributed by atoms with Crippen molar-refractivity contribution in [2.24, 2.45) is 0 Å². The van der Waals surface area contributed by atoms with Crippen LogP contribution < -0.4 is 5.32 Å². The SMILES string of the molecule is CNCc1ncc(C2CC2)s1. The van der Waals surface area contributed by atoms with Gasteiger partial charge in [0, 0.05) is 17.6 Å². The van der Waals surface area contributed by atoms with Crippen LogP contribution in [0.1, 0.15) is 28.6 Å². The number of hydrogen-bond donors (Lipinski definition) is 1. The summed E-state index contributed by atoms with van der Waals surface area (Å²) in [7, 11) is 1.96. The minimum absolute atomic E-state index is 0.859. The van der Waals surface area contributed by atoms with E-state index in [4.69, 9.17) is 0 Å². The topological polar surface area (TPSA) is 24.9 Å². The Hall–Kier alpha value is -0.410. The number of nitrogens with one attached hydrogen (secondary N) is 1. The molecule has 1 saturated carbocycles. The van der Waals surface area contributed by atoms with E-state index in [2.05, 4.69) is 10.3 Å². The first-order valence-corrected chi connectivity index (χ1v) is 4.81. The zero-order valence-electron chi connectivity index (χ0n) is 6.63.